The van der Waals surface area contributed by atoms with Crippen molar-refractivity contribution in [1.82, 2.24) is 0 Å². The zero-order valence-corrected chi connectivity index (χ0v) is 7.35. The van der Waals surface area contributed by atoms with E-state index in [4.69, 9.17) is 0 Å². The average Bonchev–Trinajstić information content (AvgIpc) is 2.08. The number of allylic oxidation sites excluding steroid dienone is 1. The molecule has 1 aliphatic rings. The molecule has 3 nitrogen and oxygen atoms in total. The summed E-state index contributed by atoms with van der Waals surface area (Å²) in [5.74, 6) is -0.235. The molecule has 0 bridgehead atoms. The highest BCUT2D eigenvalue weighted by molar-refractivity contribution is 5.97. The van der Waals surface area contributed by atoms with E-state index in [1.54, 1.807) is 0 Å². The maximum atomic E-state index is 11.1. The molecule has 0 spiro atoms. The average molecular weight is 168 g/mol. The predicted octanol–water partition coefficient (Wildman–Crippen LogP) is 1.23. The SMILES string of the molecule is COC(=O)C1=C(C)CCC(=O)C1. The van der Waals surface area contributed by atoms with E-state index in [1.165, 1.54) is 7.11 Å². The van der Waals surface area contributed by atoms with Crippen LogP contribution in [0, 0.1) is 0 Å². The fraction of sp³-hybridized carbons (Fsp3) is 0.556. The molecule has 1 rings (SSSR count). The van der Waals surface area contributed by atoms with Crippen LogP contribution in [-0.4, -0.2) is 18.9 Å². The molecule has 0 heterocycles. The van der Waals surface area contributed by atoms with Gasteiger partial charge in [-0.3, -0.25) is 4.79 Å². The van der Waals surface area contributed by atoms with Crippen LogP contribution in [0.25, 0.3) is 0 Å². The Balaban J connectivity index is 2.84. The van der Waals surface area contributed by atoms with E-state index in [0.29, 0.717) is 18.4 Å². The van der Waals surface area contributed by atoms with E-state index in [2.05, 4.69) is 4.74 Å². The summed E-state index contributed by atoms with van der Waals surface area (Å²) in [5.41, 5.74) is 1.54. The number of rotatable bonds is 1. The lowest BCUT2D eigenvalue weighted by atomic mass is 9.92. The molecule has 1 aliphatic carbocycles. The summed E-state index contributed by atoms with van der Waals surface area (Å²) in [6.07, 6.45) is 1.51. The van der Waals surface area contributed by atoms with Gasteiger partial charge in [-0.1, -0.05) is 5.57 Å². The molecule has 0 aromatic heterocycles. The minimum atomic E-state index is -0.361. The number of ketones is 1. The van der Waals surface area contributed by atoms with Crippen molar-refractivity contribution in [1.29, 1.82) is 0 Å². The lowest BCUT2D eigenvalue weighted by Gasteiger charge is -2.14. The number of methoxy groups -OCH3 is 1. The molecule has 0 saturated heterocycles. The van der Waals surface area contributed by atoms with Crippen molar-refractivity contribution < 1.29 is 14.3 Å². The summed E-state index contributed by atoms with van der Waals surface area (Å²) in [7, 11) is 1.34. The lowest BCUT2D eigenvalue weighted by molar-refractivity contribution is -0.137. The van der Waals surface area contributed by atoms with Crippen molar-refractivity contribution in [3.63, 3.8) is 0 Å². The molecular formula is C9H12O3. The van der Waals surface area contributed by atoms with Gasteiger partial charge in [-0.15, -0.1) is 0 Å². The summed E-state index contributed by atoms with van der Waals surface area (Å²) in [6.45, 7) is 1.87. The van der Waals surface area contributed by atoms with E-state index in [0.717, 1.165) is 5.57 Å². The Bertz CT molecular complexity index is 250. The molecule has 12 heavy (non-hydrogen) atoms. The third-order valence-corrected chi connectivity index (χ3v) is 2.10. The van der Waals surface area contributed by atoms with Crippen LogP contribution in [0.15, 0.2) is 11.1 Å². The van der Waals surface area contributed by atoms with Crippen LogP contribution < -0.4 is 0 Å². The molecule has 0 fully saturated rings. The Kier molecular flexibility index (Phi) is 2.63. The largest absolute Gasteiger partial charge is 0.466 e. The Morgan fingerprint density at radius 3 is 2.67 bits per heavy atom. The topological polar surface area (TPSA) is 43.4 Å². The van der Waals surface area contributed by atoms with E-state index >= 15 is 0 Å². The van der Waals surface area contributed by atoms with Crippen molar-refractivity contribution in [3.8, 4) is 0 Å². The predicted molar refractivity (Wildman–Crippen MR) is 43.6 cm³/mol. The second-order valence-corrected chi connectivity index (χ2v) is 2.97. The highest BCUT2D eigenvalue weighted by atomic mass is 16.5. The Labute approximate surface area is 71.4 Å². The van der Waals surface area contributed by atoms with Gasteiger partial charge in [0.05, 0.1) is 7.11 Å². The maximum absolute atomic E-state index is 11.1. The summed E-state index contributed by atoms with van der Waals surface area (Å²) >= 11 is 0. The van der Waals surface area contributed by atoms with E-state index in [1.807, 2.05) is 6.92 Å². The van der Waals surface area contributed by atoms with Crippen LogP contribution in [0.1, 0.15) is 26.2 Å². The van der Waals surface area contributed by atoms with Crippen LogP contribution in [0.5, 0.6) is 0 Å². The monoisotopic (exact) mass is 168 g/mol. The fourth-order valence-corrected chi connectivity index (χ4v) is 1.28. The van der Waals surface area contributed by atoms with Gasteiger partial charge in [-0.2, -0.15) is 0 Å². The van der Waals surface area contributed by atoms with Crippen LogP contribution >= 0.6 is 0 Å². The number of carbonyl (C=O) groups is 2. The molecule has 3 heteroatoms. The highest BCUT2D eigenvalue weighted by Crippen LogP contribution is 2.22. The van der Waals surface area contributed by atoms with Crippen molar-refractivity contribution in [2.45, 2.75) is 26.2 Å². The molecular weight excluding hydrogens is 156 g/mol. The third-order valence-electron chi connectivity index (χ3n) is 2.10. The minimum absolute atomic E-state index is 0.126. The van der Waals surface area contributed by atoms with Crippen molar-refractivity contribution in [2.24, 2.45) is 0 Å². The molecule has 0 unspecified atom stereocenters. The summed E-state index contributed by atoms with van der Waals surface area (Å²) in [4.78, 5) is 22.1. The summed E-state index contributed by atoms with van der Waals surface area (Å²) in [6, 6.07) is 0. The van der Waals surface area contributed by atoms with Gasteiger partial charge in [0.25, 0.3) is 0 Å². The maximum Gasteiger partial charge on any atom is 0.334 e. The van der Waals surface area contributed by atoms with Crippen LogP contribution in [0.4, 0.5) is 0 Å². The molecule has 0 aromatic rings. The number of carbonyl (C=O) groups excluding carboxylic acids is 2. The van der Waals surface area contributed by atoms with Crippen LogP contribution in [-0.2, 0) is 14.3 Å². The van der Waals surface area contributed by atoms with E-state index in [-0.39, 0.29) is 18.2 Å². The normalized spacial score (nSPS) is 18.0. The fourth-order valence-electron chi connectivity index (χ4n) is 1.28. The zero-order chi connectivity index (χ0) is 9.14. The molecule has 0 amide bonds. The summed E-state index contributed by atoms with van der Waals surface area (Å²) < 4.78 is 4.56. The lowest BCUT2D eigenvalue weighted by Crippen LogP contribution is -2.16. The van der Waals surface area contributed by atoms with Gasteiger partial charge in [0, 0.05) is 18.4 Å². The standard InChI is InChI=1S/C9H12O3/c1-6-3-4-7(10)5-8(6)9(11)12-2/h3-5H2,1-2H3. The molecule has 66 valence electrons. The summed E-state index contributed by atoms with van der Waals surface area (Å²) in [5, 5.41) is 0. The minimum Gasteiger partial charge on any atom is -0.466 e. The highest BCUT2D eigenvalue weighted by Gasteiger charge is 2.21. The van der Waals surface area contributed by atoms with Crippen LogP contribution in [0.3, 0.4) is 0 Å². The number of esters is 1. The smallest absolute Gasteiger partial charge is 0.334 e. The quantitative estimate of drug-likeness (QED) is 0.553. The van der Waals surface area contributed by atoms with Gasteiger partial charge >= 0.3 is 5.97 Å². The second kappa shape index (κ2) is 3.52. The number of ether oxygens (including phenoxy) is 1. The first-order chi connectivity index (χ1) is 5.65. The zero-order valence-electron chi connectivity index (χ0n) is 7.35. The van der Waals surface area contributed by atoms with Gasteiger partial charge in [0.1, 0.15) is 5.78 Å². The second-order valence-electron chi connectivity index (χ2n) is 2.97. The molecule has 0 saturated carbocycles. The van der Waals surface area contributed by atoms with Crippen LogP contribution in [0.2, 0.25) is 0 Å². The Hall–Kier alpha value is -1.12. The van der Waals surface area contributed by atoms with Crippen molar-refractivity contribution in [2.75, 3.05) is 7.11 Å². The van der Waals surface area contributed by atoms with Crippen molar-refractivity contribution in [3.05, 3.63) is 11.1 Å². The molecule has 0 aromatic carbocycles. The van der Waals surface area contributed by atoms with Gasteiger partial charge in [0.15, 0.2) is 0 Å². The first kappa shape index (κ1) is 8.97. The van der Waals surface area contributed by atoms with E-state index < -0.39 is 0 Å². The number of Topliss-reactive ketones (excluding diaryl/α,β-unsaturated/α-hetero) is 1. The third kappa shape index (κ3) is 1.72. The van der Waals surface area contributed by atoms with Gasteiger partial charge in [-0.05, 0) is 13.3 Å². The molecule has 0 atom stereocenters. The molecule has 0 aliphatic heterocycles. The van der Waals surface area contributed by atoms with Gasteiger partial charge in [-0.25, -0.2) is 4.79 Å². The number of hydrogen-bond donors (Lipinski definition) is 0. The Morgan fingerprint density at radius 2 is 2.08 bits per heavy atom. The first-order valence-electron chi connectivity index (χ1n) is 3.93. The van der Waals surface area contributed by atoms with E-state index in [9.17, 15) is 9.59 Å². The first-order valence-corrected chi connectivity index (χ1v) is 3.93. The van der Waals surface area contributed by atoms with Gasteiger partial charge in [0.2, 0.25) is 0 Å². The number of hydrogen-bond acceptors (Lipinski definition) is 3. The van der Waals surface area contributed by atoms with Gasteiger partial charge < -0.3 is 4.74 Å². The Morgan fingerprint density at radius 1 is 1.42 bits per heavy atom. The molecule has 0 N–H and O–H groups in total. The van der Waals surface area contributed by atoms with Crippen molar-refractivity contribution >= 4 is 11.8 Å². The molecule has 0 radical (unpaired) electrons.